The van der Waals surface area contributed by atoms with Gasteiger partial charge in [0.05, 0.1) is 17.9 Å². The fraction of sp³-hybridized carbons (Fsp3) is 0.579. The highest BCUT2D eigenvalue weighted by molar-refractivity contribution is 8.24. The van der Waals surface area contributed by atoms with E-state index in [0.29, 0.717) is 36.8 Å². The molecule has 10 heteroatoms. The number of carbonyl (C=O) groups excluding carboxylic acids is 1. The molecule has 1 amide bonds. The Labute approximate surface area is 171 Å². The van der Waals surface area contributed by atoms with Crippen LogP contribution in [0.5, 0.6) is 5.75 Å². The zero-order valence-corrected chi connectivity index (χ0v) is 17.1. The molecular formula is C19H28N4O5S. The second-order valence-corrected chi connectivity index (χ2v) is 9.16. The summed E-state index contributed by atoms with van der Waals surface area (Å²) in [6.45, 7) is 2.51. The van der Waals surface area contributed by atoms with Gasteiger partial charge in [0.15, 0.2) is 5.84 Å². The number of hydrogen-bond acceptors (Lipinski definition) is 8. The third-order valence-corrected chi connectivity index (χ3v) is 6.46. The number of piperidine rings is 1. The predicted molar refractivity (Wildman–Crippen MR) is 112 cm³/mol. The van der Waals surface area contributed by atoms with Crippen LogP contribution < -0.4 is 15.2 Å². The molecular weight excluding hydrogens is 396 g/mol. The van der Waals surface area contributed by atoms with E-state index in [2.05, 4.69) is 9.12 Å². The number of nitrogens with one attached hydrogen (secondary N) is 1. The monoisotopic (exact) mass is 424 g/mol. The Hall–Kier alpha value is -2.01. The molecule has 2 atom stereocenters. The third kappa shape index (κ3) is 4.61. The third-order valence-electron chi connectivity index (χ3n) is 5.52. The summed E-state index contributed by atoms with van der Waals surface area (Å²) in [7, 11) is -3.32. The molecule has 3 aliphatic rings. The first kappa shape index (κ1) is 20.3. The lowest BCUT2D eigenvalue weighted by Crippen LogP contribution is -2.47. The van der Waals surface area contributed by atoms with Crippen LogP contribution in [-0.4, -0.2) is 58.2 Å². The van der Waals surface area contributed by atoms with Crippen molar-refractivity contribution >= 4 is 28.4 Å². The maximum atomic E-state index is 12.7. The maximum absolute atomic E-state index is 12.7. The van der Waals surface area contributed by atoms with Gasteiger partial charge in [-0.1, -0.05) is 6.07 Å². The number of amidine groups is 1. The van der Waals surface area contributed by atoms with Crippen molar-refractivity contribution in [3.63, 3.8) is 0 Å². The van der Waals surface area contributed by atoms with E-state index in [1.165, 1.54) is 0 Å². The van der Waals surface area contributed by atoms with Gasteiger partial charge >= 0.3 is 0 Å². The number of nitrogens with zero attached hydrogens (tertiary/aromatic N) is 2. The average Bonchev–Trinajstić information content (AvgIpc) is 2.71. The number of amides is 1. The largest absolute Gasteiger partial charge is 0.492 e. The van der Waals surface area contributed by atoms with Crippen molar-refractivity contribution < 1.29 is 23.4 Å². The Bertz CT molecular complexity index is 797. The molecule has 3 aliphatic heterocycles. The van der Waals surface area contributed by atoms with Crippen molar-refractivity contribution in [2.45, 2.75) is 38.2 Å². The van der Waals surface area contributed by atoms with Crippen LogP contribution >= 0.6 is 11.0 Å². The number of hydrogen-bond donors (Lipinski definition) is 4. The molecule has 0 aromatic heterocycles. The Morgan fingerprint density at radius 1 is 1.34 bits per heavy atom. The standard InChI is InChI=1S/C19H28N4O5S/c20-18-17-14(21-29(25,26)22-18)6-3-8-15(17)28-12-13-5-4-9-23(11-13)19(24)16-7-1-2-10-27-16/h3,6,8,13,16,21,25-26H,1-2,4-5,7,9-12H2,(H2,20,22)/t13-,16?/m0/s1. The lowest BCUT2D eigenvalue weighted by atomic mass is 9.97. The molecule has 29 heavy (non-hydrogen) atoms. The number of nitrogens with two attached hydrogens (primary N) is 1. The molecule has 1 unspecified atom stereocenters. The smallest absolute Gasteiger partial charge is 0.251 e. The number of likely N-dealkylation sites (tertiary alicyclic amines) is 1. The molecule has 1 aromatic rings. The maximum Gasteiger partial charge on any atom is 0.251 e. The van der Waals surface area contributed by atoms with Crippen LogP contribution in [0.4, 0.5) is 5.69 Å². The zero-order valence-electron chi connectivity index (χ0n) is 16.2. The Morgan fingerprint density at radius 3 is 3.00 bits per heavy atom. The first-order valence-corrected chi connectivity index (χ1v) is 11.5. The highest BCUT2D eigenvalue weighted by Gasteiger charge is 2.31. The predicted octanol–water partition coefficient (Wildman–Crippen LogP) is 2.58. The molecule has 3 heterocycles. The first-order valence-electron chi connectivity index (χ1n) is 10.0. The number of fused-ring (bicyclic) bond motifs is 1. The molecule has 2 saturated heterocycles. The summed E-state index contributed by atoms with van der Waals surface area (Å²) in [5, 5.41) is 0. The average molecular weight is 425 g/mol. The van der Waals surface area contributed by atoms with Crippen molar-refractivity contribution in [3.8, 4) is 5.75 Å². The molecule has 5 N–H and O–H groups in total. The summed E-state index contributed by atoms with van der Waals surface area (Å²) in [5.41, 5.74) is 6.94. The molecule has 0 aliphatic carbocycles. The fourth-order valence-electron chi connectivity index (χ4n) is 4.10. The van der Waals surface area contributed by atoms with Crippen molar-refractivity contribution in [1.29, 1.82) is 0 Å². The zero-order chi connectivity index (χ0) is 20.4. The molecule has 160 valence electrons. The van der Waals surface area contributed by atoms with Crippen LogP contribution in [0.1, 0.15) is 37.7 Å². The molecule has 0 radical (unpaired) electrons. The number of anilines is 1. The molecule has 1 aromatic carbocycles. The lowest BCUT2D eigenvalue weighted by molar-refractivity contribution is -0.148. The lowest BCUT2D eigenvalue weighted by Gasteiger charge is -2.36. The summed E-state index contributed by atoms with van der Waals surface area (Å²) < 4.78 is 37.6. The van der Waals surface area contributed by atoms with Crippen LogP contribution in [0.2, 0.25) is 0 Å². The van der Waals surface area contributed by atoms with Gasteiger partial charge in [-0.25, -0.2) is 0 Å². The minimum absolute atomic E-state index is 0.0317. The number of ether oxygens (including phenoxy) is 2. The van der Waals surface area contributed by atoms with Gasteiger partial charge in [0.2, 0.25) is 0 Å². The van der Waals surface area contributed by atoms with Crippen LogP contribution in [-0.2, 0) is 9.53 Å². The van der Waals surface area contributed by atoms with Gasteiger partial charge in [0.1, 0.15) is 11.9 Å². The summed E-state index contributed by atoms with van der Waals surface area (Å²) in [5.74, 6) is 0.869. The SMILES string of the molecule is NC1=NS(O)(O)Nc2cccc(OC[C@H]3CCCN(C(=O)C4CCCCO4)C3)c21. The van der Waals surface area contributed by atoms with Gasteiger partial charge in [-0.3, -0.25) is 18.6 Å². The van der Waals surface area contributed by atoms with Gasteiger partial charge in [-0.05, 0) is 55.2 Å². The number of benzene rings is 1. The van der Waals surface area contributed by atoms with E-state index in [0.717, 1.165) is 38.6 Å². The second kappa shape index (κ2) is 8.39. The van der Waals surface area contributed by atoms with Crippen molar-refractivity contribution in [2.24, 2.45) is 16.0 Å². The highest BCUT2D eigenvalue weighted by atomic mass is 32.3. The van der Waals surface area contributed by atoms with Gasteiger partial charge < -0.3 is 20.1 Å². The van der Waals surface area contributed by atoms with Gasteiger partial charge in [-0.15, -0.1) is 4.40 Å². The number of carbonyl (C=O) groups is 1. The van der Waals surface area contributed by atoms with Gasteiger partial charge in [-0.2, -0.15) is 0 Å². The van der Waals surface area contributed by atoms with Crippen LogP contribution in [0.25, 0.3) is 0 Å². The van der Waals surface area contributed by atoms with E-state index in [-0.39, 0.29) is 23.8 Å². The highest BCUT2D eigenvalue weighted by Crippen LogP contribution is 2.46. The van der Waals surface area contributed by atoms with E-state index >= 15 is 0 Å². The molecule has 2 fully saturated rings. The fourth-order valence-corrected chi connectivity index (χ4v) is 4.98. The van der Waals surface area contributed by atoms with E-state index in [9.17, 15) is 13.9 Å². The quantitative estimate of drug-likeness (QED) is 0.584. The molecule has 0 spiro atoms. The van der Waals surface area contributed by atoms with Crippen molar-refractivity contribution in [2.75, 3.05) is 31.0 Å². The molecule has 9 nitrogen and oxygen atoms in total. The minimum Gasteiger partial charge on any atom is -0.492 e. The summed E-state index contributed by atoms with van der Waals surface area (Å²) in [6, 6.07) is 5.23. The summed E-state index contributed by atoms with van der Waals surface area (Å²) in [6.07, 6.45) is 4.48. The van der Waals surface area contributed by atoms with E-state index < -0.39 is 11.0 Å². The van der Waals surface area contributed by atoms with E-state index in [1.807, 2.05) is 4.90 Å². The second-order valence-electron chi connectivity index (χ2n) is 7.73. The Kier molecular flexibility index (Phi) is 5.86. The summed E-state index contributed by atoms with van der Waals surface area (Å²) >= 11 is 0. The van der Waals surface area contributed by atoms with Crippen molar-refractivity contribution in [1.82, 2.24) is 4.90 Å². The van der Waals surface area contributed by atoms with E-state index in [4.69, 9.17) is 15.2 Å². The summed E-state index contributed by atoms with van der Waals surface area (Å²) in [4.78, 5) is 14.6. The molecule has 4 rings (SSSR count). The van der Waals surface area contributed by atoms with Gasteiger partial charge in [0, 0.05) is 25.6 Å². The number of rotatable bonds is 4. The Morgan fingerprint density at radius 2 is 2.21 bits per heavy atom. The topological polar surface area (TPSA) is 130 Å². The van der Waals surface area contributed by atoms with E-state index in [1.54, 1.807) is 18.2 Å². The van der Waals surface area contributed by atoms with Crippen molar-refractivity contribution in [3.05, 3.63) is 23.8 Å². The van der Waals surface area contributed by atoms with Crippen LogP contribution in [0.3, 0.4) is 0 Å². The molecule has 0 saturated carbocycles. The Balaban J connectivity index is 1.39. The molecule has 0 bridgehead atoms. The minimum atomic E-state index is -3.32. The first-order chi connectivity index (χ1) is 13.9. The van der Waals surface area contributed by atoms with Crippen LogP contribution in [0, 0.1) is 5.92 Å². The van der Waals surface area contributed by atoms with Gasteiger partial charge in [0.25, 0.3) is 5.91 Å². The van der Waals surface area contributed by atoms with Crippen LogP contribution in [0.15, 0.2) is 22.6 Å². The normalized spacial score (nSPS) is 27.2.